The molecule has 0 saturated heterocycles. The predicted molar refractivity (Wildman–Crippen MR) is 125 cm³/mol. The third-order valence-corrected chi connectivity index (χ3v) is 6.69. The van der Waals surface area contributed by atoms with Crippen molar-refractivity contribution in [2.75, 3.05) is 0 Å². The van der Waals surface area contributed by atoms with Crippen LogP contribution in [0.2, 0.25) is 0 Å². The Morgan fingerprint density at radius 1 is 1.06 bits per heavy atom. The number of benzene rings is 2. The van der Waals surface area contributed by atoms with E-state index in [0.717, 1.165) is 22.2 Å². The summed E-state index contributed by atoms with van der Waals surface area (Å²) in [5.41, 5.74) is 0.206. The number of thiazole rings is 1. The van der Waals surface area contributed by atoms with Gasteiger partial charge in [0.15, 0.2) is 5.60 Å². The molecule has 0 bridgehead atoms. The molecular weight excluding hydrogens is 467 g/mol. The number of carboxylic acids is 1. The fourth-order valence-electron chi connectivity index (χ4n) is 3.41. The van der Waals surface area contributed by atoms with E-state index >= 15 is 0 Å². The van der Waals surface area contributed by atoms with E-state index in [4.69, 9.17) is 9.47 Å². The molecule has 9 heteroatoms. The first-order valence-electron chi connectivity index (χ1n) is 10.5. The van der Waals surface area contributed by atoms with Crippen LogP contribution in [0.25, 0.3) is 10.6 Å². The molecule has 0 amide bonds. The van der Waals surface area contributed by atoms with Crippen molar-refractivity contribution in [1.29, 1.82) is 0 Å². The number of nitrogens with zero attached hydrogens (tertiary/aromatic N) is 1. The minimum Gasteiger partial charge on any atom is -0.485 e. The van der Waals surface area contributed by atoms with Crippen molar-refractivity contribution >= 4 is 17.3 Å². The molecule has 5 nitrogen and oxygen atoms in total. The molecule has 0 spiro atoms. The van der Waals surface area contributed by atoms with Crippen molar-refractivity contribution in [3.05, 3.63) is 63.7 Å². The number of aliphatic carboxylic acids is 1. The van der Waals surface area contributed by atoms with E-state index in [1.54, 1.807) is 25.1 Å². The Hall–Kier alpha value is -3.07. The van der Waals surface area contributed by atoms with Crippen LogP contribution in [0, 0.1) is 20.8 Å². The number of hydrogen-bond donors (Lipinski definition) is 1. The van der Waals surface area contributed by atoms with Crippen molar-refractivity contribution in [3.63, 3.8) is 0 Å². The van der Waals surface area contributed by atoms with Crippen molar-refractivity contribution in [1.82, 2.24) is 4.98 Å². The number of alkyl halides is 3. The zero-order valence-corrected chi connectivity index (χ0v) is 20.5. The molecule has 1 unspecified atom stereocenters. The molecule has 1 atom stereocenters. The van der Waals surface area contributed by atoms with Gasteiger partial charge < -0.3 is 14.6 Å². The van der Waals surface area contributed by atoms with Gasteiger partial charge in [0.2, 0.25) is 0 Å². The summed E-state index contributed by atoms with van der Waals surface area (Å²) in [6.07, 6.45) is -4.75. The highest BCUT2D eigenvalue weighted by atomic mass is 32.1. The SMILES string of the molecule is Cc1cc(OC(C)c2sc(-c3ccc(C(F)(F)F)c(C)c3)nc2C)ccc1OC(C)(C)C(=O)O. The second-order valence-corrected chi connectivity index (χ2v) is 9.63. The molecule has 3 aromatic rings. The topological polar surface area (TPSA) is 68.7 Å². The van der Waals surface area contributed by atoms with Crippen LogP contribution < -0.4 is 9.47 Å². The molecule has 2 aromatic carbocycles. The predicted octanol–water partition coefficient (Wildman–Crippen LogP) is 7.14. The highest BCUT2D eigenvalue weighted by Gasteiger charge is 2.32. The maximum absolute atomic E-state index is 13.1. The lowest BCUT2D eigenvalue weighted by atomic mass is 10.1. The van der Waals surface area contributed by atoms with Gasteiger partial charge in [-0.05, 0) is 83.0 Å². The molecule has 182 valence electrons. The monoisotopic (exact) mass is 493 g/mol. The summed E-state index contributed by atoms with van der Waals surface area (Å²) in [5, 5.41) is 9.88. The van der Waals surface area contributed by atoms with Crippen molar-refractivity contribution in [2.24, 2.45) is 0 Å². The summed E-state index contributed by atoms with van der Waals surface area (Å²) in [7, 11) is 0. The number of carboxylic acid groups (broad SMARTS) is 1. The second kappa shape index (κ2) is 9.29. The number of ether oxygens (including phenoxy) is 2. The van der Waals surface area contributed by atoms with Gasteiger partial charge in [-0.1, -0.05) is 6.07 Å². The Kier molecular flexibility index (Phi) is 6.98. The van der Waals surface area contributed by atoms with Crippen LogP contribution in [0.4, 0.5) is 13.2 Å². The maximum atomic E-state index is 13.1. The molecule has 0 fully saturated rings. The van der Waals surface area contributed by atoms with E-state index in [1.165, 1.54) is 44.2 Å². The molecule has 0 aliphatic heterocycles. The highest BCUT2D eigenvalue weighted by Crippen LogP contribution is 2.38. The second-order valence-electron chi connectivity index (χ2n) is 8.60. The third kappa shape index (κ3) is 5.52. The van der Waals surface area contributed by atoms with E-state index in [1.807, 2.05) is 13.8 Å². The number of aromatic nitrogens is 1. The molecule has 34 heavy (non-hydrogen) atoms. The number of carbonyl (C=O) groups is 1. The summed E-state index contributed by atoms with van der Waals surface area (Å²) < 4.78 is 50.9. The number of rotatable bonds is 7. The summed E-state index contributed by atoms with van der Waals surface area (Å²) in [6, 6.07) is 9.14. The van der Waals surface area contributed by atoms with Crippen molar-refractivity contribution in [2.45, 2.75) is 59.4 Å². The Morgan fingerprint density at radius 3 is 2.29 bits per heavy atom. The lowest BCUT2D eigenvalue weighted by Gasteiger charge is -2.23. The quantitative estimate of drug-likeness (QED) is 0.379. The standard InChI is InChI=1S/C25H26F3NO4S/c1-13-11-17(7-9-19(13)25(26,27)28)22-29-15(3)21(34-22)16(4)32-18-8-10-20(14(2)12-18)33-24(5,6)23(30)31/h7-12,16H,1-6H3,(H,30,31). The van der Waals surface area contributed by atoms with Crippen LogP contribution in [0.3, 0.4) is 0 Å². The minimum atomic E-state index is -4.39. The summed E-state index contributed by atoms with van der Waals surface area (Å²) in [5.74, 6) is -0.0490. The molecular formula is C25H26F3NO4S. The van der Waals surface area contributed by atoms with Crippen LogP contribution in [0.15, 0.2) is 36.4 Å². The summed E-state index contributed by atoms with van der Waals surface area (Å²) >= 11 is 1.37. The smallest absolute Gasteiger partial charge is 0.416 e. The minimum absolute atomic E-state index is 0.146. The molecule has 0 saturated carbocycles. The molecule has 1 N–H and O–H groups in total. The molecule has 0 aliphatic carbocycles. The fourth-order valence-corrected chi connectivity index (χ4v) is 4.45. The van der Waals surface area contributed by atoms with Crippen LogP contribution in [-0.4, -0.2) is 21.7 Å². The highest BCUT2D eigenvalue weighted by molar-refractivity contribution is 7.15. The summed E-state index contributed by atoms with van der Waals surface area (Å²) in [4.78, 5) is 16.7. The van der Waals surface area contributed by atoms with Gasteiger partial charge in [-0.3, -0.25) is 0 Å². The largest absolute Gasteiger partial charge is 0.485 e. The molecule has 0 aliphatic rings. The number of halogens is 3. The van der Waals surface area contributed by atoms with E-state index in [9.17, 15) is 23.1 Å². The van der Waals surface area contributed by atoms with Gasteiger partial charge in [-0.2, -0.15) is 13.2 Å². The molecule has 3 rings (SSSR count). The van der Waals surface area contributed by atoms with Crippen molar-refractivity contribution in [3.8, 4) is 22.1 Å². The normalized spacial score (nSPS) is 13.0. The Balaban J connectivity index is 1.79. The zero-order chi connectivity index (χ0) is 25.4. The average molecular weight is 494 g/mol. The first-order chi connectivity index (χ1) is 15.7. The Bertz CT molecular complexity index is 1220. The third-order valence-electron chi connectivity index (χ3n) is 5.32. The number of aryl methyl sites for hydroxylation is 3. The van der Waals surface area contributed by atoms with Crippen LogP contribution in [0.5, 0.6) is 11.5 Å². The first-order valence-corrected chi connectivity index (χ1v) is 11.4. The van der Waals surface area contributed by atoms with Gasteiger partial charge in [0.05, 0.1) is 16.1 Å². The first kappa shape index (κ1) is 25.6. The Morgan fingerprint density at radius 2 is 1.74 bits per heavy atom. The van der Waals surface area contributed by atoms with Gasteiger partial charge in [0.1, 0.15) is 22.6 Å². The summed E-state index contributed by atoms with van der Waals surface area (Å²) in [6.45, 7) is 9.89. The van der Waals surface area contributed by atoms with Crippen molar-refractivity contribution < 1.29 is 32.5 Å². The van der Waals surface area contributed by atoms with Crippen LogP contribution in [-0.2, 0) is 11.0 Å². The zero-order valence-electron chi connectivity index (χ0n) is 19.7. The van der Waals surface area contributed by atoms with Gasteiger partial charge >= 0.3 is 12.1 Å². The van der Waals surface area contributed by atoms with Gasteiger partial charge in [-0.15, -0.1) is 11.3 Å². The maximum Gasteiger partial charge on any atom is 0.416 e. The van der Waals surface area contributed by atoms with E-state index in [2.05, 4.69) is 4.98 Å². The van der Waals surface area contributed by atoms with Crippen LogP contribution in [0.1, 0.15) is 54.1 Å². The van der Waals surface area contributed by atoms with Gasteiger partial charge in [0, 0.05) is 5.56 Å². The number of hydrogen-bond acceptors (Lipinski definition) is 5. The van der Waals surface area contributed by atoms with Gasteiger partial charge in [0.25, 0.3) is 0 Å². The van der Waals surface area contributed by atoms with Gasteiger partial charge in [-0.25, -0.2) is 9.78 Å². The van der Waals surface area contributed by atoms with E-state index in [0.29, 0.717) is 22.1 Å². The fraction of sp³-hybridized carbons (Fsp3) is 0.360. The van der Waals surface area contributed by atoms with E-state index < -0.39 is 23.3 Å². The molecule has 0 radical (unpaired) electrons. The lowest BCUT2D eigenvalue weighted by Crippen LogP contribution is -2.38. The van der Waals surface area contributed by atoms with E-state index in [-0.39, 0.29) is 11.7 Å². The lowest BCUT2D eigenvalue weighted by molar-refractivity contribution is -0.152. The Labute approximate surface area is 200 Å². The molecule has 1 aromatic heterocycles. The molecule has 1 heterocycles. The van der Waals surface area contributed by atoms with Crippen LogP contribution >= 0.6 is 11.3 Å². The average Bonchev–Trinajstić information content (AvgIpc) is 3.10.